The van der Waals surface area contributed by atoms with Gasteiger partial charge in [0.2, 0.25) is 0 Å². The number of fused-ring (bicyclic) bond motifs is 1. The Morgan fingerprint density at radius 1 is 1.27 bits per heavy atom. The minimum atomic E-state index is -1.07. The summed E-state index contributed by atoms with van der Waals surface area (Å²) in [7, 11) is 0. The Labute approximate surface area is 196 Å². The molecule has 1 aromatic carbocycles. The number of esters is 1. The van der Waals surface area contributed by atoms with Crippen LogP contribution in [0.25, 0.3) is 6.08 Å². The van der Waals surface area contributed by atoms with E-state index in [9.17, 15) is 14.4 Å². The molecule has 0 bridgehead atoms. The highest BCUT2D eigenvalue weighted by Crippen LogP contribution is 2.33. The number of thiophene rings is 1. The van der Waals surface area contributed by atoms with E-state index in [2.05, 4.69) is 4.99 Å². The molecule has 1 N–H and O–H groups in total. The zero-order chi connectivity index (χ0) is 23.5. The summed E-state index contributed by atoms with van der Waals surface area (Å²) in [5, 5.41) is 10.7. The summed E-state index contributed by atoms with van der Waals surface area (Å²) in [5.41, 5.74) is 1.27. The molecule has 0 saturated heterocycles. The lowest BCUT2D eigenvalue weighted by Crippen LogP contribution is -2.39. The third-order valence-corrected chi connectivity index (χ3v) is 6.76. The van der Waals surface area contributed by atoms with E-state index in [-0.39, 0.29) is 12.2 Å². The molecule has 1 unspecified atom stereocenters. The maximum absolute atomic E-state index is 13.5. The number of ether oxygens (including phenoxy) is 2. The van der Waals surface area contributed by atoms with Gasteiger partial charge in [-0.2, -0.15) is 0 Å². The summed E-state index contributed by atoms with van der Waals surface area (Å²) in [6.45, 7) is 3.24. The number of carbonyl (C=O) groups is 2. The number of thiazole rings is 1. The first-order valence-electron chi connectivity index (χ1n) is 10.1. The van der Waals surface area contributed by atoms with E-state index in [1.54, 1.807) is 44.2 Å². The third-order valence-electron chi connectivity index (χ3n) is 4.85. The zero-order valence-electron chi connectivity index (χ0n) is 17.8. The van der Waals surface area contributed by atoms with Crippen molar-refractivity contribution < 1.29 is 24.2 Å². The van der Waals surface area contributed by atoms with Gasteiger partial charge in [-0.25, -0.2) is 14.6 Å². The summed E-state index contributed by atoms with van der Waals surface area (Å²) in [5.74, 6) is -1.18. The highest BCUT2D eigenvalue weighted by atomic mass is 32.1. The van der Waals surface area contributed by atoms with E-state index in [1.807, 2.05) is 17.5 Å². The number of carboxylic acids is 1. The summed E-state index contributed by atoms with van der Waals surface area (Å²) in [4.78, 5) is 42.8. The summed E-state index contributed by atoms with van der Waals surface area (Å²) in [6.07, 6.45) is 1.70. The zero-order valence-corrected chi connectivity index (χ0v) is 19.4. The van der Waals surface area contributed by atoms with Crippen molar-refractivity contribution >= 4 is 40.7 Å². The first-order valence-corrected chi connectivity index (χ1v) is 11.8. The number of allylic oxidation sites excluding steroid dienone is 1. The minimum absolute atomic E-state index is 0.220. The molecule has 170 valence electrons. The normalized spacial score (nSPS) is 15.7. The van der Waals surface area contributed by atoms with Gasteiger partial charge in [-0.3, -0.25) is 9.36 Å². The van der Waals surface area contributed by atoms with Crippen molar-refractivity contribution in [1.82, 2.24) is 4.57 Å². The van der Waals surface area contributed by atoms with Gasteiger partial charge in [0.05, 0.1) is 22.4 Å². The highest BCUT2D eigenvalue weighted by molar-refractivity contribution is 7.10. The van der Waals surface area contributed by atoms with E-state index in [4.69, 9.17) is 14.6 Å². The topological polar surface area (TPSA) is 107 Å². The number of aliphatic carboxylic acids is 1. The monoisotopic (exact) mass is 484 g/mol. The molecule has 0 radical (unpaired) electrons. The van der Waals surface area contributed by atoms with Crippen LogP contribution in [0.1, 0.15) is 30.3 Å². The number of hydrogen-bond acceptors (Lipinski definition) is 8. The van der Waals surface area contributed by atoms with E-state index >= 15 is 0 Å². The molecule has 0 amide bonds. The van der Waals surface area contributed by atoms with Gasteiger partial charge in [0.25, 0.3) is 5.56 Å². The molecule has 0 aliphatic carbocycles. The van der Waals surface area contributed by atoms with Gasteiger partial charge < -0.3 is 14.6 Å². The molecule has 10 heteroatoms. The third kappa shape index (κ3) is 4.67. The molecule has 0 fully saturated rings. The van der Waals surface area contributed by atoms with E-state index in [0.717, 1.165) is 4.88 Å². The van der Waals surface area contributed by atoms with E-state index in [0.29, 0.717) is 31.9 Å². The van der Waals surface area contributed by atoms with Crippen LogP contribution in [0.4, 0.5) is 0 Å². The lowest BCUT2D eigenvalue weighted by molar-refractivity contribution is -0.140. The van der Waals surface area contributed by atoms with Crippen LogP contribution in [-0.2, 0) is 14.3 Å². The second kappa shape index (κ2) is 9.55. The number of hydrogen-bond donors (Lipinski definition) is 1. The average molecular weight is 485 g/mol. The maximum Gasteiger partial charge on any atom is 0.341 e. The van der Waals surface area contributed by atoms with Gasteiger partial charge in [-0.15, -0.1) is 11.3 Å². The van der Waals surface area contributed by atoms with Crippen LogP contribution < -0.4 is 19.6 Å². The van der Waals surface area contributed by atoms with Crippen molar-refractivity contribution in [3.63, 3.8) is 0 Å². The Kier molecular flexibility index (Phi) is 6.57. The van der Waals surface area contributed by atoms with Gasteiger partial charge >= 0.3 is 11.9 Å². The van der Waals surface area contributed by atoms with Gasteiger partial charge in [0.15, 0.2) is 11.4 Å². The molecule has 3 heterocycles. The van der Waals surface area contributed by atoms with Crippen LogP contribution in [0.3, 0.4) is 0 Å². The smallest absolute Gasteiger partial charge is 0.341 e. The average Bonchev–Trinajstić information content (AvgIpc) is 3.41. The van der Waals surface area contributed by atoms with Crippen molar-refractivity contribution in [3.8, 4) is 5.75 Å². The quantitative estimate of drug-likeness (QED) is 0.516. The van der Waals surface area contributed by atoms with Crippen molar-refractivity contribution in [1.29, 1.82) is 0 Å². The standard InChI is InChI=1S/C23H20N2O6S2/c1-3-30-22(29)19-13(2)24-23-25(20(19)16-8-5-9-32-16)21(28)17(33-23)11-14-6-4-7-15(10-14)31-12-18(26)27/h4-11,20H,3,12H2,1-2H3,(H,26,27). The molecular weight excluding hydrogens is 464 g/mol. The SMILES string of the molecule is CCOC(=O)C1=C(C)N=c2sc(=Cc3cccc(OCC(=O)O)c3)c(=O)n2C1c1cccs1. The molecule has 4 rings (SSSR count). The first kappa shape index (κ1) is 22.7. The predicted octanol–water partition coefficient (Wildman–Crippen LogP) is 2.32. The van der Waals surface area contributed by atoms with Crippen molar-refractivity contribution in [3.05, 3.63) is 83.2 Å². The van der Waals surface area contributed by atoms with Gasteiger partial charge in [0, 0.05) is 4.88 Å². The fraction of sp³-hybridized carbons (Fsp3) is 0.217. The Hall–Kier alpha value is -3.50. The molecule has 1 atom stereocenters. The Morgan fingerprint density at radius 3 is 2.79 bits per heavy atom. The fourth-order valence-electron chi connectivity index (χ4n) is 3.50. The molecule has 3 aromatic rings. The van der Waals surface area contributed by atoms with Crippen LogP contribution >= 0.6 is 22.7 Å². The lowest BCUT2D eigenvalue weighted by atomic mass is 10.0. The first-order chi connectivity index (χ1) is 15.9. The molecule has 0 saturated carbocycles. The maximum atomic E-state index is 13.5. The van der Waals surface area contributed by atoms with E-state index < -0.39 is 24.6 Å². The van der Waals surface area contributed by atoms with Crippen LogP contribution in [0.15, 0.2) is 62.8 Å². The lowest BCUT2D eigenvalue weighted by Gasteiger charge is -2.23. The summed E-state index contributed by atoms with van der Waals surface area (Å²) in [6, 6.07) is 9.95. The Bertz CT molecular complexity index is 1420. The van der Waals surface area contributed by atoms with Crippen molar-refractivity contribution in [2.24, 2.45) is 4.99 Å². The van der Waals surface area contributed by atoms with Gasteiger partial charge in [0.1, 0.15) is 11.8 Å². The minimum Gasteiger partial charge on any atom is -0.482 e. The van der Waals surface area contributed by atoms with Crippen molar-refractivity contribution in [2.45, 2.75) is 19.9 Å². The highest BCUT2D eigenvalue weighted by Gasteiger charge is 2.33. The Morgan fingerprint density at radius 2 is 2.09 bits per heavy atom. The van der Waals surface area contributed by atoms with Gasteiger partial charge in [-0.1, -0.05) is 29.5 Å². The molecule has 0 spiro atoms. The summed E-state index contributed by atoms with van der Waals surface area (Å²) >= 11 is 2.68. The molecule has 1 aliphatic rings. The molecular formula is C23H20N2O6S2. The van der Waals surface area contributed by atoms with Crippen LogP contribution in [-0.4, -0.2) is 34.8 Å². The second-order valence-electron chi connectivity index (χ2n) is 7.07. The van der Waals surface area contributed by atoms with Crippen LogP contribution in [0.2, 0.25) is 0 Å². The second-order valence-corrected chi connectivity index (χ2v) is 9.06. The van der Waals surface area contributed by atoms with Gasteiger partial charge in [-0.05, 0) is 49.1 Å². The number of benzene rings is 1. The Balaban J connectivity index is 1.83. The fourth-order valence-corrected chi connectivity index (χ4v) is 5.37. The van der Waals surface area contributed by atoms with E-state index in [1.165, 1.54) is 27.2 Å². The molecule has 33 heavy (non-hydrogen) atoms. The number of carboxylic acid groups (broad SMARTS) is 1. The predicted molar refractivity (Wildman–Crippen MR) is 124 cm³/mol. The molecule has 1 aliphatic heterocycles. The number of nitrogens with zero attached hydrogens (tertiary/aromatic N) is 2. The molecule has 8 nitrogen and oxygen atoms in total. The molecule has 2 aromatic heterocycles. The number of carbonyl (C=O) groups excluding carboxylic acids is 1. The number of rotatable bonds is 7. The number of aromatic nitrogens is 1. The van der Waals surface area contributed by atoms with Crippen LogP contribution in [0.5, 0.6) is 5.75 Å². The summed E-state index contributed by atoms with van der Waals surface area (Å²) < 4.78 is 12.5. The van der Waals surface area contributed by atoms with Crippen molar-refractivity contribution in [2.75, 3.05) is 13.2 Å². The van der Waals surface area contributed by atoms with Crippen LogP contribution in [0, 0.1) is 0 Å². The largest absolute Gasteiger partial charge is 0.482 e.